The van der Waals surface area contributed by atoms with Crippen LogP contribution >= 0.6 is 34.7 Å². The number of halogens is 1. The number of thioether (sulfide) groups is 1. The molecule has 3 aromatic rings. The third kappa shape index (κ3) is 5.27. The zero-order valence-corrected chi connectivity index (χ0v) is 19.4. The lowest BCUT2D eigenvalue weighted by Crippen LogP contribution is -2.22. The lowest BCUT2D eigenvalue weighted by atomic mass is 10.1. The van der Waals surface area contributed by atoms with E-state index >= 15 is 0 Å². The summed E-state index contributed by atoms with van der Waals surface area (Å²) in [5, 5.41) is 15.8. The van der Waals surface area contributed by atoms with Crippen LogP contribution in [0.25, 0.3) is 11.3 Å². The number of pyridine rings is 1. The lowest BCUT2D eigenvalue weighted by Gasteiger charge is -2.13. The Morgan fingerprint density at radius 2 is 2.00 bits per heavy atom. The van der Waals surface area contributed by atoms with Gasteiger partial charge in [0.1, 0.15) is 11.1 Å². The highest BCUT2D eigenvalue weighted by atomic mass is 35.5. The van der Waals surface area contributed by atoms with Gasteiger partial charge in [0.15, 0.2) is 5.13 Å². The second-order valence-electron chi connectivity index (χ2n) is 7.41. The molecular formula is C23H21ClN4OS2. The second-order valence-corrected chi connectivity index (χ2v) is 10.0. The molecule has 1 unspecified atom stereocenters. The van der Waals surface area contributed by atoms with Gasteiger partial charge in [-0.3, -0.25) is 4.79 Å². The number of thiazole rings is 1. The van der Waals surface area contributed by atoms with E-state index in [0.717, 1.165) is 42.6 Å². The Kier molecular flexibility index (Phi) is 6.91. The largest absolute Gasteiger partial charge is 0.301 e. The van der Waals surface area contributed by atoms with Crippen LogP contribution in [0, 0.1) is 11.3 Å². The first-order chi connectivity index (χ1) is 15.0. The molecule has 8 heteroatoms. The number of hydrogen-bond acceptors (Lipinski definition) is 6. The normalized spacial score (nSPS) is 14.2. The Balaban J connectivity index is 1.45. The molecule has 1 aromatic carbocycles. The van der Waals surface area contributed by atoms with Crippen molar-refractivity contribution in [2.45, 2.75) is 49.3 Å². The highest BCUT2D eigenvalue weighted by Crippen LogP contribution is 2.31. The van der Waals surface area contributed by atoms with E-state index in [0.29, 0.717) is 20.7 Å². The summed E-state index contributed by atoms with van der Waals surface area (Å²) in [6.45, 7) is 1.82. The molecule has 0 aliphatic heterocycles. The van der Waals surface area contributed by atoms with E-state index in [1.807, 2.05) is 42.6 Å². The molecule has 1 atom stereocenters. The molecular weight excluding hydrogens is 448 g/mol. The molecule has 4 rings (SSSR count). The molecule has 1 aliphatic rings. The molecule has 2 heterocycles. The quantitative estimate of drug-likeness (QED) is 0.360. The lowest BCUT2D eigenvalue weighted by molar-refractivity contribution is -0.115. The maximum atomic E-state index is 12.8. The average molecular weight is 469 g/mol. The first-order valence-electron chi connectivity index (χ1n) is 10.2. The number of nitrogens with zero attached hydrogens (tertiary/aromatic N) is 3. The number of hydrogen-bond donors (Lipinski definition) is 1. The zero-order chi connectivity index (χ0) is 21.8. The Morgan fingerprint density at radius 3 is 2.77 bits per heavy atom. The minimum absolute atomic E-state index is 0.164. The second kappa shape index (κ2) is 9.82. The summed E-state index contributed by atoms with van der Waals surface area (Å²) in [5.74, 6) is -0.164. The summed E-state index contributed by atoms with van der Waals surface area (Å²) in [4.78, 5) is 22.0. The first-order valence-corrected chi connectivity index (χ1v) is 12.3. The number of benzene rings is 1. The van der Waals surface area contributed by atoms with E-state index in [1.165, 1.54) is 35.1 Å². The monoisotopic (exact) mass is 468 g/mol. The topological polar surface area (TPSA) is 78.7 Å². The van der Waals surface area contributed by atoms with Crippen molar-refractivity contribution in [3.63, 3.8) is 0 Å². The number of anilines is 1. The van der Waals surface area contributed by atoms with Crippen molar-refractivity contribution in [1.82, 2.24) is 9.97 Å². The first kappa shape index (κ1) is 21.8. The maximum absolute atomic E-state index is 12.8. The van der Waals surface area contributed by atoms with Gasteiger partial charge in [-0.25, -0.2) is 9.97 Å². The van der Waals surface area contributed by atoms with E-state index in [4.69, 9.17) is 16.6 Å². The highest BCUT2D eigenvalue weighted by Gasteiger charge is 2.21. The van der Waals surface area contributed by atoms with Crippen molar-refractivity contribution >= 4 is 45.7 Å². The van der Waals surface area contributed by atoms with Crippen LogP contribution in [0.1, 0.15) is 43.0 Å². The predicted molar refractivity (Wildman–Crippen MR) is 127 cm³/mol. The van der Waals surface area contributed by atoms with Gasteiger partial charge < -0.3 is 5.32 Å². The number of fused-ring (bicyclic) bond motifs is 1. The Bertz CT molecular complexity index is 1140. The molecule has 0 bridgehead atoms. The molecule has 0 spiro atoms. The molecule has 1 N–H and O–H groups in total. The Labute approximate surface area is 194 Å². The van der Waals surface area contributed by atoms with Gasteiger partial charge >= 0.3 is 0 Å². The average Bonchev–Trinajstić information content (AvgIpc) is 3.11. The van der Waals surface area contributed by atoms with Crippen LogP contribution in [0.3, 0.4) is 0 Å². The molecule has 0 saturated heterocycles. The van der Waals surface area contributed by atoms with E-state index in [1.54, 1.807) is 0 Å². The maximum Gasteiger partial charge on any atom is 0.239 e. The van der Waals surface area contributed by atoms with Crippen molar-refractivity contribution in [3.8, 4) is 17.3 Å². The predicted octanol–water partition coefficient (Wildman–Crippen LogP) is 6.12. The number of aryl methyl sites for hydroxylation is 2. The molecule has 31 heavy (non-hydrogen) atoms. The van der Waals surface area contributed by atoms with Crippen molar-refractivity contribution in [2.24, 2.45) is 0 Å². The van der Waals surface area contributed by atoms with Gasteiger partial charge in [0.05, 0.1) is 16.5 Å². The van der Waals surface area contributed by atoms with Crippen LogP contribution in [-0.4, -0.2) is 21.1 Å². The molecule has 2 aromatic heterocycles. The number of carbonyl (C=O) groups is 1. The Hall–Kier alpha value is -2.40. The summed E-state index contributed by atoms with van der Waals surface area (Å²) in [6, 6.07) is 11.6. The fourth-order valence-electron chi connectivity index (χ4n) is 3.47. The molecule has 158 valence electrons. The molecule has 0 radical (unpaired) electrons. The van der Waals surface area contributed by atoms with Gasteiger partial charge in [0, 0.05) is 21.7 Å². The van der Waals surface area contributed by atoms with Crippen LogP contribution in [-0.2, 0) is 17.6 Å². The smallest absolute Gasteiger partial charge is 0.239 e. The van der Waals surface area contributed by atoms with Gasteiger partial charge in [-0.1, -0.05) is 41.9 Å². The van der Waals surface area contributed by atoms with Gasteiger partial charge in [0.2, 0.25) is 5.91 Å². The van der Waals surface area contributed by atoms with Crippen molar-refractivity contribution in [2.75, 3.05) is 5.32 Å². The number of aromatic nitrogens is 2. The standard InChI is InChI=1S/C23H21ClN4OS2/c1-14(31-22-17(12-25)11-16-5-3-2-4-6-19(16)26-22)21(29)28-23-27-20(13-30-23)15-7-9-18(24)10-8-15/h7-11,13-14H,2-6H2,1H3,(H,27,28,29). The zero-order valence-electron chi connectivity index (χ0n) is 17.0. The summed E-state index contributed by atoms with van der Waals surface area (Å²) >= 11 is 8.64. The van der Waals surface area contributed by atoms with Gasteiger partial charge in [-0.05, 0) is 56.4 Å². The number of nitriles is 1. The summed E-state index contributed by atoms with van der Waals surface area (Å²) in [5.41, 5.74) is 4.52. The number of amides is 1. The molecule has 0 saturated carbocycles. The molecule has 0 fully saturated rings. The minimum Gasteiger partial charge on any atom is -0.301 e. The van der Waals surface area contributed by atoms with Crippen LogP contribution in [0.4, 0.5) is 5.13 Å². The SMILES string of the molecule is CC(Sc1nc2c(cc1C#N)CCCCC2)C(=O)Nc1nc(-c2ccc(Cl)cc2)cs1. The van der Waals surface area contributed by atoms with Crippen LogP contribution in [0.2, 0.25) is 5.02 Å². The molecule has 1 aliphatic carbocycles. The third-order valence-electron chi connectivity index (χ3n) is 5.17. The summed E-state index contributed by atoms with van der Waals surface area (Å²) < 4.78 is 0. The summed E-state index contributed by atoms with van der Waals surface area (Å²) in [7, 11) is 0. The van der Waals surface area contributed by atoms with E-state index in [9.17, 15) is 10.1 Å². The van der Waals surface area contributed by atoms with E-state index < -0.39 is 5.25 Å². The fourth-order valence-corrected chi connectivity index (χ4v) is 5.22. The fraction of sp³-hybridized carbons (Fsp3) is 0.304. The van der Waals surface area contributed by atoms with Crippen molar-refractivity contribution in [1.29, 1.82) is 5.26 Å². The molecule has 5 nitrogen and oxygen atoms in total. The van der Waals surface area contributed by atoms with Crippen LogP contribution in [0.5, 0.6) is 0 Å². The number of carbonyl (C=O) groups excluding carboxylic acids is 1. The summed E-state index contributed by atoms with van der Waals surface area (Å²) in [6.07, 6.45) is 5.34. The highest BCUT2D eigenvalue weighted by molar-refractivity contribution is 8.00. The number of nitrogens with one attached hydrogen (secondary N) is 1. The van der Waals surface area contributed by atoms with E-state index in [-0.39, 0.29) is 5.91 Å². The van der Waals surface area contributed by atoms with Crippen LogP contribution < -0.4 is 5.32 Å². The van der Waals surface area contributed by atoms with E-state index in [2.05, 4.69) is 16.4 Å². The molecule has 1 amide bonds. The van der Waals surface area contributed by atoms with Gasteiger partial charge in [0.25, 0.3) is 0 Å². The van der Waals surface area contributed by atoms with Gasteiger partial charge in [-0.15, -0.1) is 11.3 Å². The van der Waals surface area contributed by atoms with Gasteiger partial charge in [-0.2, -0.15) is 5.26 Å². The third-order valence-corrected chi connectivity index (χ3v) is 7.28. The minimum atomic E-state index is -0.411. The van der Waals surface area contributed by atoms with Crippen molar-refractivity contribution in [3.05, 3.63) is 57.6 Å². The Morgan fingerprint density at radius 1 is 1.23 bits per heavy atom. The van der Waals surface area contributed by atoms with Crippen molar-refractivity contribution < 1.29 is 4.79 Å². The number of rotatable bonds is 5. The van der Waals surface area contributed by atoms with Crippen LogP contribution in [0.15, 0.2) is 40.7 Å².